The van der Waals surface area contributed by atoms with E-state index in [0.717, 1.165) is 55.0 Å². The molecule has 1 aromatic carbocycles. The molecule has 0 bridgehead atoms. The van der Waals surface area contributed by atoms with Crippen LogP contribution in [0.25, 0.3) is 0 Å². The van der Waals surface area contributed by atoms with Crippen molar-refractivity contribution in [3.63, 3.8) is 0 Å². The fourth-order valence-corrected chi connectivity index (χ4v) is 4.14. The highest BCUT2D eigenvalue weighted by molar-refractivity contribution is 7.13. The summed E-state index contributed by atoms with van der Waals surface area (Å²) in [5.74, 6) is 0.951. The second-order valence-corrected chi connectivity index (χ2v) is 8.04. The quantitative estimate of drug-likeness (QED) is 0.629. The third-order valence-electron chi connectivity index (χ3n) is 5.11. The van der Waals surface area contributed by atoms with Crippen LogP contribution in [-0.2, 0) is 17.8 Å². The van der Waals surface area contributed by atoms with E-state index in [1.165, 1.54) is 16.9 Å². The van der Waals surface area contributed by atoms with Crippen LogP contribution < -0.4 is 10.1 Å². The predicted octanol–water partition coefficient (Wildman–Crippen LogP) is 3.18. The first-order valence-electron chi connectivity index (χ1n) is 9.94. The maximum atomic E-state index is 12.7. The Balaban J connectivity index is 1.25. The van der Waals surface area contributed by atoms with E-state index in [1.807, 2.05) is 59.1 Å². The highest BCUT2D eigenvalue weighted by atomic mass is 32.1. The smallest absolute Gasteiger partial charge is 0.228 e. The number of carbonyl (C=O) groups excluding carboxylic acids is 1. The Kier molecular flexibility index (Phi) is 6.56. The number of benzene rings is 1. The minimum Gasteiger partial charge on any atom is -0.497 e. The largest absolute Gasteiger partial charge is 0.497 e. The minimum absolute atomic E-state index is 0.139. The molecule has 1 saturated heterocycles. The number of aromatic nitrogens is 2. The van der Waals surface area contributed by atoms with Gasteiger partial charge in [0.1, 0.15) is 5.75 Å². The number of rotatable bonds is 7. The van der Waals surface area contributed by atoms with Crippen molar-refractivity contribution >= 4 is 28.1 Å². The van der Waals surface area contributed by atoms with Crippen molar-refractivity contribution in [2.45, 2.75) is 13.0 Å². The number of nitrogens with one attached hydrogen (secondary N) is 1. The third-order valence-corrected chi connectivity index (χ3v) is 5.91. The summed E-state index contributed by atoms with van der Waals surface area (Å²) >= 11 is 1.51. The molecular weight excluding hydrogens is 398 g/mol. The number of ether oxygens (including phenoxy) is 1. The van der Waals surface area contributed by atoms with Gasteiger partial charge in [0.15, 0.2) is 5.13 Å². The lowest BCUT2D eigenvalue weighted by Gasteiger charge is -2.34. The fourth-order valence-electron chi connectivity index (χ4n) is 3.41. The van der Waals surface area contributed by atoms with Gasteiger partial charge in [0.05, 0.1) is 19.2 Å². The molecule has 2 aromatic heterocycles. The molecule has 156 valence electrons. The van der Waals surface area contributed by atoms with E-state index < -0.39 is 0 Å². The van der Waals surface area contributed by atoms with Crippen molar-refractivity contribution in [3.05, 3.63) is 65.4 Å². The van der Waals surface area contributed by atoms with E-state index in [0.29, 0.717) is 6.42 Å². The van der Waals surface area contributed by atoms with E-state index in [9.17, 15) is 4.79 Å². The van der Waals surface area contributed by atoms with Gasteiger partial charge < -0.3 is 15.0 Å². The Morgan fingerprint density at radius 3 is 2.53 bits per heavy atom. The Morgan fingerprint density at radius 1 is 1.10 bits per heavy atom. The molecule has 1 amide bonds. The van der Waals surface area contributed by atoms with Crippen LogP contribution in [0, 0.1) is 0 Å². The number of thiazole rings is 1. The maximum absolute atomic E-state index is 12.7. The van der Waals surface area contributed by atoms with Crippen molar-refractivity contribution in [2.75, 3.05) is 38.6 Å². The zero-order chi connectivity index (χ0) is 20.8. The molecule has 3 heterocycles. The number of nitrogens with zero attached hydrogens (tertiary/aromatic N) is 4. The number of amides is 1. The Bertz CT molecular complexity index is 953. The Morgan fingerprint density at radius 2 is 1.83 bits per heavy atom. The molecule has 0 radical (unpaired) electrons. The van der Waals surface area contributed by atoms with E-state index >= 15 is 0 Å². The number of hydrogen-bond acceptors (Lipinski definition) is 7. The fraction of sp³-hybridized carbons (Fsp3) is 0.318. The Hall–Kier alpha value is -2.97. The van der Waals surface area contributed by atoms with Gasteiger partial charge in [-0.05, 0) is 42.0 Å². The van der Waals surface area contributed by atoms with Gasteiger partial charge >= 0.3 is 0 Å². The Labute approximate surface area is 180 Å². The summed E-state index contributed by atoms with van der Waals surface area (Å²) in [7, 11) is 1.65. The van der Waals surface area contributed by atoms with Gasteiger partial charge in [0.25, 0.3) is 0 Å². The van der Waals surface area contributed by atoms with Crippen LogP contribution >= 0.6 is 11.3 Å². The number of piperazine rings is 1. The standard InChI is InChI=1S/C22H25N5O2S/c1-29-20-4-2-18(3-5-20)24-22-25-19(16-30-22)14-21(28)27-12-10-26(11-13-27)15-17-6-8-23-9-7-17/h2-9,16H,10-15H2,1H3,(H,24,25). The van der Waals surface area contributed by atoms with Crippen LogP contribution in [0.5, 0.6) is 5.75 Å². The number of carbonyl (C=O) groups is 1. The van der Waals surface area contributed by atoms with E-state index in [-0.39, 0.29) is 5.91 Å². The SMILES string of the molecule is COc1ccc(Nc2nc(CC(=O)N3CCN(Cc4ccncc4)CC3)cs2)cc1. The maximum Gasteiger partial charge on any atom is 0.228 e. The minimum atomic E-state index is 0.139. The number of pyridine rings is 1. The van der Waals surface area contributed by atoms with Gasteiger partial charge in [0.2, 0.25) is 5.91 Å². The summed E-state index contributed by atoms with van der Waals surface area (Å²) in [6, 6.07) is 11.8. The molecule has 1 fully saturated rings. The molecule has 0 spiro atoms. The summed E-state index contributed by atoms with van der Waals surface area (Å²) < 4.78 is 5.17. The van der Waals surface area contributed by atoms with Crippen molar-refractivity contribution in [1.82, 2.24) is 19.8 Å². The predicted molar refractivity (Wildman–Crippen MR) is 118 cm³/mol. The lowest BCUT2D eigenvalue weighted by Crippen LogP contribution is -2.48. The molecule has 8 heteroatoms. The molecule has 1 aliphatic heterocycles. The van der Waals surface area contributed by atoms with Crippen molar-refractivity contribution in [3.8, 4) is 5.75 Å². The van der Waals surface area contributed by atoms with Crippen LogP contribution in [0.1, 0.15) is 11.3 Å². The molecule has 4 rings (SSSR count). The first-order chi connectivity index (χ1) is 14.7. The van der Waals surface area contributed by atoms with Crippen LogP contribution in [0.3, 0.4) is 0 Å². The lowest BCUT2D eigenvalue weighted by molar-refractivity contribution is -0.132. The number of methoxy groups -OCH3 is 1. The zero-order valence-corrected chi connectivity index (χ0v) is 17.8. The van der Waals surface area contributed by atoms with Gasteiger partial charge in [-0.1, -0.05) is 0 Å². The van der Waals surface area contributed by atoms with Gasteiger partial charge in [-0.2, -0.15) is 0 Å². The highest BCUT2D eigenvalue weighted by Crippen LogP contribution is 2.23. The summed E-state index contributed by atoms with van der Waals surface area (Å²) in [5.41, 5.74) is 3.00. The molecule has 1 N–H and O–H groups in total. The zero-order valence-electron chi connectivity index (χ0n) is 17.0. The molecule has 3 aromatic rings. The molecule has 7 nitrogen and oxygen atoms in total. The summed E-state index contributed by atoms with van der Waals surface area (Å²) in [4.78, 5) is 25.6. The number of hydrogen-bond donors (Lipinski definition) is 1. The highest BCUT2D eigenvalue weighted by Gasteiger charge is 2.22. The van der Waals surface area contributed by atoms with Crippen molar-refractivity contribution in [1.29, 1.82) is 0 Å². The second kappa shape index (κ2) is 9.69. The van der Waals surface area contributed by atoms with Crippen molar-refractivity contribution in [2.24, 2.45) is 0 Å². The number of anilines is 2. The summed E-state index contributed by atoms with van der Waals surface area (Å²) in [5, 5.41) is 6.00. The van der Waals surface area contributed by atoms with Crippen LogP contribution in [0.15, 0.2) is 54.2 Å². The topological polar surface area (TPSA) is 70.6 Å². The first-order valence-corrected chi connectivity index (χ1v) is 10.8. The summed E-state index contributed by atoms with van der Waals surface area (Å²) in [6.07, 6.45) is 3.98. The monoisotopic (exact) mass is 423 g/mol. The molecular formula is C22H25N5O2S. The molecule has 1 aliphatic rings. The first kappa shape index (κ1) is 20.3. The normalized spacial score (nSPS) is 14.5. The summed E-state index contributed by atoms with van der Waals surface area (Å²) in [6.45, 7) is 4.18. The van der Waals surface area contributed by atoms with Gasteiger partial charge in [-0.25, -0.2) is 4.98 Å². The average molecular weight is 424 g/mol. The van der Waals surface area contributed by atoms with E-state index in [4.69, 9.17) is 4.74 Å². The van der Waals surface area contributed by atoms with Crippen LogP contribution in [0.4, 0.5) is 10.8 Å². The molecule has 30 heavy (non-hydrogen) atoms. The second-order valence-electron chi connectivity index (χ2n) is 7.19. The molecule has 0 aliphatic carbocycles. The third kappa shape index (κ3) is 5.34. The van der Waals surface area contributed by atoms with E-state index in [1.54, 1.807) is 7.11 Å². The van der Waals surface area contributed by atoms with Gasteiger partial charge in [-0.15, -0.1) is 11.3 Å². The van der Waals surface area contributed by atoms with Gasteiger partial charge in [0, 0.05) is 56.2 Å². The van der Waals surface area contributed by atoms with E-state index in [2.05, 4.69) is 20.2 Å². The van der Waals surface area contributed by atoms with Crippen LogP contribution in [-0.4, -0.2) is 59.0 Å². The molecule has 0 unspecified atom stereocenters. The molecule has 0 saturated carbocycles. The molecule has 0 atom stereocenters. The van der Waals surface area contributed by atoms with Crippen LogP contribution in [0.2, 0.25) is 0 Å². The van der Waals surface area contributed by atoms with Gasteiger partial charge in [-0.3, -0.25) is 14.7 Å². The lowest BCUT2D eigenvalue weighted by atomic mass is 10.2. The average Bonchev–Trinajstić information content (AvgIpc) is 3.22. The van der Waals surface area contributed by atoms with Crippen molar-refractivity contribution < 1.29 is 9.53 Å².